The lowest BCUT2D eigenvalue weighted by Gasteiger charge is -2.30. The minimum atomic E-state index is -0.745. The van der Waals surface area contributed by atoms with Gasteiger partial charge in [0.2, 0.25) is 5.91 Å². The summed E-state index contributed by atoms with van der Waals surface area (Å²) in [6, 6.07) is 17.4. The lowest BCUT2D eigenvalue weighted by molar-refractivity contribution is -0.136. The van der Waals surface area contributed by atoms with E-state index in [0.717, 1.165) is 12.8 Å². The van der Waals surface area contributed by atoms with Gasteiger partial charge in [0.25, 0.3) is 0 Å². The van der Waals surface area contributed by atoms with Crippen molar-refractivity contribution in [2.24, 2.45) is 5.73 Å². The molecule has 31 heavy (non-hydrogen) atoms. The predicted octanol–water partition coefficient (Wildman–Crippen LogP) is 5.81. The number of hydrogen-bond donors (Lipinski definition) is 2. The predicted molar refractivity (Wildman–Crippen MR) is 125 cm³/mol. The number of carboxylic acids is 1. The Labute approximate surface area is 185 Å². The van der Waals surface area contributed by atoms with Crippen molar-refractivity contribution in [3.8, 4) is 0 Å². The van der Waals surface area contributed by atoms with Crippen molar-refractivity contribution in [1.29, 1.82) is 0 Å². The van der Waals surface area contributed by atoms with E-state index in [9.17, 15) is 9.59 Å². The molecule has 1 saturated carbocycles. The van der Waals surface area contributed by atoms with E-state index >= 15 is 0 Å². The van der Waals surface area contributed by atoms with Gasteiger partial charge in [-0.25, -0.2) is 0 Å². The summed E-state index contributed by atoms with van der Waals surface area (Å²) in [5.41, 5.74) is 14.0. The van der Waals surface area contributed by atoms with E-state index < -0.39 is 5.97 Å². The highest BCUT2D eigenvalue weighted by Crippen LogP contribution is 2.51. The number of fused-ring (bicyclic) bond motifs is 1. The Bertz CT molecular complexity index is 958. The molecule has 2 aliphatic rings. The van der Waals surface area contributed by atoms with Crippen LogP contribution in [0.3, 0.4) is 0 Å². The second kappa shape index (κ2) is 10.4. The third-order valence-corrected chi connectivity index (χ3v) is 6.48. The van der Waals surface area contributed by atoms with Gasteiger partial charge in [-0.3, -0.25) is 9.59 Å². The Morgan fingerprint density at radius 3 is 2.23 bits per heavy atom. The van der Waals surface area contributed by atoms with Crippen LogP contribution in [-0.4, -0.2) is 17.0 Å². The van der Waals surface area contributed by atoms with Crippen molar-refractivity contribution in [3.05, 3.63) is 76.4 Å². The van der Waals surface area contributed by atoms with Gasteiger partial charge in [0, 0.05) is 18.8 Å². The van der Waals surface area contributed by atoms with Crippen LogP contribution in [-0.2, 0) is 16.0 Å². The van der Waals surface area contributed by atoms with Crippen molar-refractivity contribution in [2.45, 2.75) is 70.6 Å². The summed E-state index contributed by atoms with van der Waals surface area (Å²) >= 11 is 0. The Morgan fingerprint density at radius 1 is 1.03 bits per heavy atom. The number of carboxylic acid groups (broad SMARTS) is 1. The van der Waals surface area contributed by atoms with Crippen LogP contribution >= 0.6 is 0 Å². The van der Waals surface area contributed by atoms with Crippen molar-refractivity contribution in [3.63, 3.8) is 0 Å². The third kappa shape index (κ3) is 5.25. The number of amides is 1. The minimum absolute atomic E-state index is 0.169. The zero-order valence-corrected chi connectivity index (χ0v) is 18.6. The van der Waals surface area contributed by atoms with Gasteiger partial charge < -0.3 is 10.8 Å². The molecule has 1 fully saturated rings. The van der Waals surface area contributed by atoms with Crippen LogP contribution in [0.25, 0.3) is 5.57 Å². The largest absolute Gasteiger partial charge is 0.481 e. The van der Waals surface area contributed by atoms with E-state index in [1.807, 2.05) is 0 Å². The van der Waals surface area contributed by atoms with Gasteiger partial charge in [-0.05, 0) is 59.4 Å². The molecule has 0 aromatic heterocycles. The average molecular weight is 420 g/mol. The lowest BCUT2D eigenvalue weighted by Crippen LogP contribution is -2.18. The highest BCUT2D eigenvalue weighted by Gasteiger charge is 2.35. The monoisotopic (exact) mass is 419 g/mol. The van der Waals surface area contributed by atoms with Crippen LogP contribution in [0.15, 0.2) is 54.1 Å². The fraction of sp³-hybridized carbons (Fsp3) is 0.407. The van der Waals surface area contributed by atoms with E-state index in [1.54, 1.807) is 6.92 Å². The Morgan fingerprint density at radius 2 is 1.71 bits per heavy atom. The highest BCUT2D eigenvalue weighted by molar-refractivity contribution is 5.84. The molecule has 4 rings (SSSR count). The fourth-order valence-corrected chi connectivity index (χ4v) is 4.76. The molecule has 4 heteroatoms. The quantitative estimate of drug-likeness (QED) is 0.594. The molecule has 0 spiro atoms. The summed E-state index contributed by atoms with van der Waals surface area (Å²) in [6.45, 7) is 3.81. The average Bonchev–Trinajstić information content (AvgIpc) is 3.00. The standard InChI is InChI=1S/C24H27NO.C3H6O2/c1-2-18-21(14-16-8-4-3-5-9-16)20-13-7-12-19(17-10-6-11-17)24(20)22(18)15-23(25)26;1-2-3(4)5/h3-5,7-9,12-13,17,22H,2,6,10-11,14-15H2,1H3,(H2,25,26);2H2,1H3,(H,4,5). The number of primary amides is 1. The summed E-state index contributed by atoms with van der Waals surface area (Å²) in [5.74, 6) is -0.112. The molecule has 0 aliphatic heterocycles. The first-order chi connectivity index (χ1) is 15.0. The molecule has 164 valence electrons. The molecule has 2 aromatic rings. The number of aliphatic carboxylic acids is 1. The minimum Gasteiger partial charge on any atom is -0.481 e. The molecule has 0 radical (unpaired) electrons. The zero-order chi connectivity index (χ0) is 22.4. The number of carbonyl (C=O) groups is 2. The van der Waals surface area contributed by atoms with Crippen LogP contribution in [0.5, 0.6) is 0 Å². The molecule has 4 nitrogen and oxygen atoms in total. The van der Waals surface area contributed by atoms with Gasteiger partial charge in [0.05, 0.1) is 0 Å². The van der Waals surface area contributed by atoms with Crippen LogP contribution in [0.2, 0.25) is 0 Å². The second-order valence-corrected chi connectivity index (χ2v) is 8.43. The molecule has 2 aliphatic carbocycles. The van der Waals surface area contributed by atoms with Gasteiger partial charge in [0.1, 0.15) is 0 Å². The zero-order valence-electron chi connectivity index (χ0n) is 18.6. The molecular formula is C27H33NO3. The van der Waals surface area contributed by atoms with Gasteiger partial charge in [0.15, 0.2) is 0 Å². The van der Waals surface area contributed by atoms with Crippen LogP contribution < -0.4 is 5.73 Å². The topological polar surface area (TPSA) is 80.4 Å². The lowest BCUT2D eigenvalue weighted by atomic mass is 9.75. The van der Waals surface area contributed by atoms with Crippen LogP contribution in [0.4, 0.5) is 0 Å². The number of hydrogen-bond acceptors (Lipinski definition) is 2. The molecule has 1 amide bonds. The summed E-state index contributed by atoms with van der Waals surface area (Å²) < 4.78 is 0. The summed E-state index contributed by atoms with van der Waals surface area (Å²) in [4.78, 5) is 21.2. The number of rotatable bonds is 7. The second-order valence-electron chi connectivity index (χ2n) is 8.43. The smallest absolute Gasteiger partial charge is 0.303 e. The van der Waals surface area contributed by atoms with Crippen molar-refractivity contribution >= 4 is 17.4 Å². The fourth-order valence-electron chi connectivity index (χ4n) is 4.76. The molecule has 1 atom stereocenters. The molecule has 0 bridgehead atoms. The van der Waals surface area contributed by atoms with Gasteiger partial charge in [-0.1, -0.05) is 74.4 Å². The maximum atomic E-state index is 11.9. The van der Waals surface area contributed by atoms with E-state index in [0.29, 0.717) is 12.3 Å². The van der Waals surface area contributed by atoms with Crippen LogP contribution in [0.1, 0.15) is 86.5 Å². The first-order valence-electron chi connectivity index (χ1n) is 11.3. The Hall–Kier alpha value is -2.88. The van der Waals surface area contributed by atoms with Gasteiger partial charge in [-0.15, -0.1) is 0 Å². The molecule has 0 heterocycles. The number of carbonyl (C=O) groups excluding carboxylic acids is 1. The van der Waals surface area contributed by atoms with Crippen molar-refractivity contribution in [2.75, 3.05) is 0 Å². The normalized spacial score (nSPS) is 17.4. The molecule has 2 aromatic carbocycles. The van der Waals surface area contributed by atoms with Gasteiger partial charge >= 0.3 is 5.97 Å². The van der Waals surface area contributed by atoms with E-state index in [-0.39, 0.29) is 18.2 Å². The summed E-state index contributed by atoms with van der Waals surface area (Å²) in [6.07, 6.45) is 6.42. The van der Waals surface area contributed by atoms with Crippen molar-refractivity contribution < 1.29 is 14.7 Å². The Kier molecular flexibility index (Phi) is 7.67. The first-order valence-corrected chi connectivity index (χ1v) is 11.3. The number of allylic oxidation sites excluding steroid dienone is 2. The molecule has 1 unspecified atom stereocenters. The van der Waals surface area contributed by atoms with E-state index in [2.05, 4.69) is 55.5 Å². The van der Waals surface area contributed by atoms with Crippen molar-refractivity contribution in [1.82, 2.24) is 0 Å². The highest BCUT2D eigenvalue weighted by atomic mass is 16.4. The maximum Gasteiger partial charge on any atom is 0.303 e. The van der Waals surface area contributed by atoms with E-state index in [4.69, 9.17) is 10.8 Å². The summed E-state index contributed by atoms with van der Waals surface area (Å²) in [5, 5.41) is 7.72. The van der Waals surface area contributed by atoms with Gasteiger partial charge in [-0.2, -0.15) is 0 Å². The Balaban J connectivity index is 0.000000491. The number of benzene rings is 2. The SMILES string of the molecule is CCC(=O)O.CCC1=C(Cc2ccccc2)c2cccc(C3CCC3)c2C1CC(N)=O. The first kappa shape index (κ1) is 22.8. The third-order valence-electron chi connectivity index (χ3n) is 6.48. The number of nitrogens with two attached hydrogens (primary N) is 1. The molecule has 3 N–H and O–H groups in total. The summed E-state index contributed by atoms with van der Waals surface area (Å²) in [7, 11) is 0. The molecular weight excluding hydrogens is 386 g/mol. The van der Waals surface area contributed by atoms with Crippen LogP contribution in [0, 0.1) is 0 Å². The maximum absolute atomic E-state index is 11.9. The van der Waals surface area contributed by atoms with E-state index in [1.165, 1.54) is 52.7 Å². The molecule has 0 saturated heterocycles.